The summed E-state index contributed by atoms with van der Waals surface area (Å²) < 4.78 is 0. The number of rotatable bonds is 3. The van der Waals surface area contributed by atoms with Crippen LogP contribution in [-0.4, -0.2) is 24.0 Å². The monoisotopic (exact) mass is 295 g/mol. The molecule has 1 aliphatic heterocycles. The zero-order valence-corrected chi connectivity index (χ0v) is 12.8. The maximum absolute atomic E-state index is 12.5. The van der Waals surface area contributed by atoms with E-state index in [2.05, 4.69) is 15.6 Å². The lowest BCUT2D eigenvalue weighted by Gasteiger charge is -2.22. The molecule has 2 aromatic rings. The molecule has 114 valence electrons. The number of nitrogens with zero attached hydrogens (tertiary/aromatic N) is 1. The number of carbonyl (C=O) groups is 1. The van der Waals surface area contributed by atoms with Gasteiger partial charge in [-0.3, -0.25) is 4.79 Å². The highest BCUT2D eigenvalue weighted by Gasteiger charge is 2.19. The van der Waals surface area contributed by atoms with Gasteiger partial charge in [-0.1, -0.05) is 24.3 Å². The molecule has 3 rings (SSSR count). The van der Waals surface area contributed by atoms with Crippen LogP contribution < -0.4 is 10.6 Å². The van der Waals surface area contributed by atoms with Crippen molar-refractivity contribution in [3.8, 4) is 0 Å². The molecule has 1 unspecified atom stereocenters. The molecule has 1 aromatic carbocycles. The van der Waals surface area contributed by atoms with Gasteiger partial charge in [0.25, 0.3) is 5.91 Å². The minimum Gasteiger partial charge on any atom is -0.321 e. The SMILES string of the molecule is Cc1ccc(C2CCCNC2)nc1C(=O)Nc1ccccc1. The molecule has 1 aromatic heterocycles. The van der Waals surface area contributed by atoms with Crippen LogP contribution in [0.3, 0.4) is 0 Å². The van der Waals surface area contributed by atoms with E-state index in [0.717, 1.165) is 42.9 Å². The molecule has 0 saturated carbocycles. The predicted octanol–water partition coefficient (Wildman–Crippen LogP) is 3.11. The molecule has 22 heavy (non-hydrogen) atoms. The highest BCUT2D eigenvalue weighted by atomic mass is 16.1. The van der Waals surface area contributed by atoms with Crippen LogP contribution in [0.2, 0.25) is 0 Å². The zero-order valence-electron chi connectivity index (χ0n) is 12.8. The fourth-order valence-electron chi connectivity index (χ4n) is 2.82. The second-order valence-electron chi connectivity index (χ2n) is 5.77. The average Bonchev–Trinajstić information content (AvgIpc) is 2.57. The molecule has 1 aliphatic rings. The number of amides is 1. The third-order valence-electron chi connectivity index (χ3n) is 4.08. The Bertz CT molecular complexity index is 649. The zero-order chi connectivity index (χ0) is 15.4. The first-order valence-corrected chi connectivity index (χ1v) is 7.78. The fourth-order valence-corrected chi connectivity index (χ4v) is 2.82. The van der Waals surface area contributed by atoms with Crippen LogP contribution in [-0.2, 0) is 0 Å². The van der Waals surface area contributed by atoms with Gasteiger partial charge in [0.15, 0.2) is 0 Å². The van der Waals surface area contributed by atoms with Crippen molar-refractivity contribution in [3.63, 3.8) is 0 Å². The molecule has 2 N–H and O–H groups in total. The summed E-state index contributed by atoms with van der Waals surface area (Å²) in [5.41, 5.74) is 3.22. The van der Waals surface area contributed by atoms with E-state index >= 15 is 0 Å². The lowest BCUT2D eigenvalue weighted by Crippen LogP contribution is -2.29. The maximum atomic E-state index is 12.5. The number of nitrogens with one attached hydrogen (secondary N) is 2. The van der Waals surface area contributed by atoms with Gasteiger partial charge in [0, 0.05) is 23.8 Å². The first-order chi connectivity index (χ1) is 10.7. The van der Waals surface area contributed by atoms with Crippen molar-refractivity contribution in [1.82, 2.24) is 10.3 Å². The Hall–Kier alpha value is -2.20. The van der Waals surface area contributed by atoms with E-state index in [1.165, 1.54) is 0 Å². The van der Waals surface area contributed by atoms with Gasteiger partial charge in [-0.05, 0) is 50.1 Å². The topological polar surface area (TPSA) is 54.0 Å². The Morgan fingerprint density at radius 3 is 2.77 bits per heavy atom. The Morgan fingerprint density at radius 2 is 2.05 bits per heavy atom. The van der Waals surface area contributed by atoms with Gasteiger partial charge in [0.2, 0.25) is 0 Å². The largest absolute Gasteiger partial charge is 0.321 e. The molecule has 4 heteroatoms. The summed E-state index contributed by atoms with van der Waals surface area (Å²) in [4.78, 5) is 17.1. The Labute approximate surface area is 131 Å². The Kier molecular flexibility index (Phi) is 4.49. The van der Waals surface area contributed by atoms with Gasteiger partial charge in [0.05, 0.1) is 0 Å². The number of pyridine rings is 1. The normalized spacial score (nSPS) is 18.0. The number of aryl methyl sites for hydroxylation is 1. The van der Waals surface area contributed by atoms with Crippen LogP contribution in [0.25, 0.3) is 0 Å². The molecular weight excluding hydrogens is 274 g/mol. The van der Waals surface area contributed by atoms with Crippen LogP contribution in [0.4, 0.5) is 5.69 Å². The van der Waals surface area contributed by atoms with Crippen molar-refractivity contribution in [2.75, 3.05) is 18.4 Å². The predicted molar refractivity (Wildman–Crippen MR) is 88.2 cm³/mol. The van der Waals surface area contributed by atoms with Crippen molar-refractivity contribution in [2.45, 2.75) is 25.7 Å². The molecule has 1 amide bonds. The molecule has 1 atom stereocenters. The smallest absolute Gasteiger partial charge is 0.274 e. The van der Waals surface area contributed by atoms with Crippen LogP contribution in [0, 0.1) is 6.92 Å². The summed E-state index contributed by atoms with van der Waals surface area (Å²) in [6.07, 6.45) is 2.29. The van der Waals surface area contributed by atoms with E-state index in [0.29, 0.717) is 11.6 Å². The minimum absolute atomic E-state index is 0.144. The average molecular weight is 295 g/mol. The quantitative estimate of drug-likeness (QED) is 0.915. The van der Waals surface area contributed by atoms with Gasteiger partial charge in [-0.25, -0.2) is 4.98 Å². The highest BCUT2D eigenvalue weighted by Crippen LogP contribution is 2.23. The van der Waals surface area contributed by atoms with Gasteiger partial charge < -0.3 is 10.6 Å². The Morgan fingerprint density at radius 1 is 1.23 bits per heavy atom. The molecule has 1 saturated heterocycles. The molecule has 0 spiro atoms. The van der Waals surface area contributed by atoms with Crippen molar-refractivity contribution in [2.24, 2.45) is 0 Å². The number of benzene rings is 1. The molecule has 1 fully saturated rings. The number of anilines is 1. The highest BCUT2D eigenvalue weighted by molar-refractivity contribution is 6.03. The summed E-state index contributed by atoms with van der Waals surface area (Å²) in [5, 5.41) is 6.31. The van der Waals surface area contributed by atoms with E-state index in [4.69, 9.17) is 0 Å². The first-order valence-electron chi connectivity index (χ1n) is 7.78. The second kappa shape index (κ2) is 6.71. The van der Waals surface area contributed by atoms with Gasteiger partial charge in [-0.2, -0.15) is 0 Å². The van der Waals surface area contributed by atoms with Crippen molar-refractivity contribution in [3.05, 3.63) is 59.4 Å². The molecule has 0 bridgehead atoms. The van der Waals surface area contributed by atoms with Crippen LogP contribution in [0.5, 0.6) is 0 Å². The van der Waals surface area contributed by atoms with E-state index < -0.39 is 0 Å². The number of carbonyl (C=O) groups excluding carboxylic acids is 1. The first kappa shape index (κ1) is 14.7. The fraction of sp³-hybridized carbons (Fsp3) is 0.333. The van der Waals surface area contributed by atoms with Crippen molar-refractivity contribution < 1.29 is 4.79 Å². The van der Waals surface area contributed by atoms with Crippen LogP contribution in [0.15, 0.2) is 42.5 Å². The molecule has 0 aliphatic carbocycles. The van der Waals surface area contributed by atoms with E-state index in [-0.39, 0.29) is 5.91 Å². The van der Waals surface area contributed by atoms with Crippen molar-refractivity contribution in [1.29, 1.82) is 0 Å². The van der Waals surface area contributed by atoms with Crippen LogP contribution >= 0.6 is 0 Å². The third-order valence-corrected chi connectivity index (χ3v) is 4.08. The van der Waals surface area contributed by atoms with Gasteiger partial charge >= 0.3 is 0 Å². The van der Waals surface area contributed by atoms with Gasteiger partial charge in [-0.15, -0.1) is 0 Å². The summed E-state index contributed by atoms with van der Waals surface area (Å²) in [7, 11) is 0. The van der Waals surface area contributed by atoms with E-state index in [1.807, 2.05) is 49.4 Å². The minimum atomic E-state index is -0.144. The van der Waals surface area contributed by atoms with Crippen LogP contribution in [0.1, 0.15) is 40.5 Å². The molecular formula is C18H21N3O. The third kappa shape index (κ3) is 3.34. The molecule has 4 nitrogen and oxygen atoms in total. The summed E-state index contributed by atoms with van der Waals surface area (Å²) >= 11 is 0. The number of aromatic nitrogens is 1. The summed E-state index contributed by atoms with van der Waals surface area (Å²) in [6.45, 7) is 3.94. The van der Waals surface area contributed by atoms with Crippen molar-refractivity contribution >= 4 is 11.6 Å². The van der Waals surface area contributed by atoms with Gasteiger partial charge in [0.1, 0.15) is 5.69 Å². The number of piperidine rings is 1. The molecule has 2 heterocycles. The summed E-state index contributed by atoms with van der Waals surface area (Å²) in [6, 6.07) is 13.5. The lowest BCUT2D eigenvalue weighted by atomic mass is 9.95. The number of para-hydroxylation sites is 1. The second-order valence-corrected chi connectivity index (χ2v) is 5.77. The summed E-state index contributed by atoms with van der Waals surface area (Å²) in [5.74, 6) is 0.256. The lowest BCUT2D eigenvalue weighted by molar-refractivity contribution is 0.102. The van der Waals surface area contributed by atoms with E-state index in [9.17, 15) is 4.79 Å². The van der Waals surface area contributed by atoms with E-state index in [1.54, 1.807) is 0 Å². The number of hydrogen-bond acceptors (Lipinski definition) is 3. The number of hydrogen-bond donors (Lipinski definition) is 2. The molecule has 0 radical (unpaired) electrons. The standard InChI is InChI=1S/C18H21N3O/c1-13-9-10-16(14-6-5-11-19-12-14)21-17(13)18(22)20-15-7-3-2-4-8-15/h2-4,7-10,14,19H,5-6,11-12H2,1H3,(H,20,22). The maximum Gasteiger partial charge on any atom is 0.274 e. The Balaban J connectivity index is 1.81.